The molecule has 72 valence electrons. The standard InChI is InChI=1S/C8H12BrN3O/c1-6(9)5-12(2)7-8(13)11-4-3-10-7/h3-4,6H,5H2,1-2H3,(H,11,13). The highest BCUT2D eigenvalue weighted by atomic mass is 79.9. The second-order valence-corrected chi connectivity index (χ2v) is 4.47. The van der Waals surface area contributed by atoms with Gasteiger partial charge in [-0.2, -0.15) is 0 Å². The van der Waals surface area contributed by atoms with Gasteiger partial charge in [-0.05, 0) is 0 Å². The van der Waals surface area contributed by atoms with Gasteiger partial charge in [0.05, 0.1) is 0 Å². The molecule has 0 bridgehead atoms. The molecule has 0 amide bonds. The van der Waals surface area contributed by atoms with E-state index >= 15 is 0 Å². The van der Waals surface area contributed by atoms with Crippen molar-refractivity contribution in [1.82, 2.24) is 9.97 Å². The van der Waals surface area contributed by atoms with E-state index in [4.69, 9.17) is 0 Å². The van der Waals surface area contributed by atoms with E-state index in [1.54, 1.807) is 6.20 Å². The van der Waals surface area contributed by atoms with E-state index in [2.05, 4.69) is 25.9 Å². The predicted octanol–water partition coefficient (Wildman–Crippen LogP) is 0.989. The highest BCUT2D eigenvalue weighted by Gasteiger charge is 2.08. The lowest BCUT2D eigenvalue weighted by Crippen LogP contribution is -2.30. The molecule has 0 fully saturated rings. The van der Waals surface area contributed by atoms with Crippen molar-refractivity contribution >= 4 is 21.7 Å². The van der Waals surface area contributed by atoms with Gasteiger partial charge >= 0.3 is 0 Å². The molecule has 13 heavy (non-hydrogen) atoms. The molecule has 1 unspecified atom stereocenters. The van der Waals surface area contributed by atoms with E-state index in [0.717, 1.165) is 6.54 Å². The predicted molar refractivity (Wildman–Crippen MR) is 56.5 cm³/mol. The zero-order valence-electron chi connectivity index (χ0n) is 7.62. The zero-order valence-corrected chi connectivity index (χ0v) is 9.21. The van der Waals surface area contributed by atoms with Gasteiger partial charge in [-0.3, -0.25) is 4.79 Å². The summed E-state index contributed by atoms with van der Waals surface area (Å²) in [5.74, 6) is 0.453. The number of nitrogens with zero attached hydrogens (tertiary/aromatic N) is 2. The molecule has 0 spiro atoms. The summed E-state index contributed by atoms with van der Waals surface area (Å²) in [5, 5.41) is 0. The molecule has 0 aliphatic heterocycles. The molecule has 0 aliphatic rings. The molecule has 0 saturated heterocycles. The summed E-state index contributed by atoms with van der Waals surface area (Å²) in [6.07, 6.45) is 3.10. The molecule has 1 aromatic rings. The minimum absolute atomic E-state index is 0.154. The van der Waals surface area contributed by atoms with E-state index in [-0.39, 0.29) is 5.56 Å². The molecule has 1 heterocycles. The molecule has 0 radical (unpaired) electrons. The highest BCUT2D eigenvalue weighted by Crippen LogP contribution is 2.04. The molecule has 1 N–H and O–H groups in total. The molecule has 0 saturated carbocycles. The zero-order chi connectivity index (χ0) is 9.84. The van der Waals surface area contributed by atoms with Crippen LogP contribution in [0.25, 0.3) is 0 Å². The topological polar surface area (TPSA) is 49.0 Å². The van der Waals surface area contributed by atoms with Crippen molar-refractivity contribution in [1.29, 1.82) is 0 Å². The van der Waals surface area contributed by atoms with Crippen LogP contribution in [0.2, 0.25) is 0 Å². The number of nitrogens with one attached hydrogen (secondary N) is 1. The van der Waals surface area contributed by atoms with Crippen LogP contribution in [0, 0.1) is 0 Å². The van der Waals surface area contributed by atoms with Crippen LogP contribution in [-0.4, -0.2) is 28.4 Å². The summed E-state index contributed by atoms with van der Waals surface area (Å²) in [6.45, 7) is 2.77. The highest BCUT2D eigenvalue weighted by molar-refractivity contribution is 9.09. The lowest BCUT2D eigenvalue weighted by Gasteiger charge is -2.17. The Morgan fingerprint density at radius 1 is 1.77 bits per heavy atom. The molecule has 0 aromatic carbocycles. The molecular weight excluding hydrogens is 234 g/mol. The summed E-state index contributed by atoms with van der Waals surface area (Å²) in [6, 6.07) is 0. The Balaban J connectivity index is 2.83. The maximum atomic E-state index is 11.3. The van der Waals surface area contributed by atoms with Gasteiger partial charge < -0.3 is 9.88 Å². The van der Waals surface area contributed by atoms with Gasteiger partial charge in [0.25, 0.3) is 5.56 Å². The van der Waals surface area contributed by atoms with Crippen LogP contribution in [0.4, 0.5) is 5.82 Å². The third kappa shape index (κ3) is 2.84. The average Bonchev–Trinajstić information content (AvgIpc) is 2.03. The number of hydrogen-bond acceptors (Lipinski definition) is 3. The van der Waals surface area contributed by atoms with Crippen molar-refractivity contribution in [3.05, 3.63) is 22.7 Å². The smallest absolute Gasteiger partial charge is 0.290 e. The number of aromatic nitrogens is 2. The van der Waals surface area contributed by atoms with E-state index in [1.807, 2.05) is 18.9 Å². The second kappa shape index (κ2) is 4.41. The maximum absolute atomic E-state index is 11.3. The third-order valence-electron chi connectivity index (χ3n) is 1.58. The van der Waals surface area contributed by atoms with Crippen molar-refractivity contribution in [2.24, 2.45) is 0 Å². The Bertz CT molecular complexity index is 323. The number of hydrogen-bond donors (Lipinski definition) is 1. The Hall–Kier alpha value is -0.840. The molecule has 4 nitrogen and oxygen atoms in total. The van der Waals surface area contributed by atoms with Crippen LogP contribution >= 0.6 is 15.9 Å². The fourth-order valence-electron chi connectivity index (χ4n) is 1.08. The van der Waals surface area contributed by atoms with E-state index < -0.39 is 0 Å². The van der Waals surface area contributed by atoms with Crippen LogP contribution in [-0.2, 0) is 0 Å². The molecule has 1 aromatic heterocycles. The van der Waals surface area contributed by atoms with E-state index in [0.29, 0.717) is 10.6 Å². The van der Waals surface area contributed by atoms with Gasteiger partial charge in [0.1, 0.15) is 0 Å². The fraction of sp³-hybridized carbons (Fsp3) is 0.500. The quantitative estimate of drug-likeness (QED) is 0.809. The van der Waals surface area contributed by atoms with Gasteiger partial charge in [-0.15, -0.1) is 0 Å². The van der Waals surface area contributed by atoms with Crippen LogP contribution in [0.1, 0.15) is 6.92 Å². The van der Waals surface area contributed by atoms with Gasteiger partial charge in [-0.25, -0.2) is 4.98 Å². The van der Waals surface area contributed by atoms with Crippen LogP contribution in [0.15, 0.2) is 17.2 Å². The molecule has 1 atom stereocenters. The third-order valence-corrected chi connectivity index (χ3v) is 1.87. The molecule has 5 heteroatoms. The average molecular weight is 246 g/mol. The first-order chi connectivity index (χ1) is 6.11. The maximum Gasteiger partial charge on any atom is 0.290 e. The number of aromatic amines is 1. The van der Waals surface area contributed by atoms with Gasteiger partial charge in [0.15, 0.2) is 5.82 Å². The van der Waals surface area contributed by atoms with E-state index in [9.17, 15) is 4.79 Å². The normalized spacial score (nSPS) is 12.5. The van der Waals surface area contributed by atoms with Crippen molar-refractivity contribution in [2.45, 2.75) is 11.8 Å². The van der Waals surface area contributed by atoms with Crippen molar-refractivity contribution in [3.8, 4) is 0 Å². The fourth-order valence-corrected chi connectivity index (χ4v) is 1.51. The number of anilines is 1. The minimum atomic E-state index is -0.154. The summed E-state index contributed by atoms with van der Waals surface area (Å²) < 4.78 is 0. The van der Waals surface area contributed by atoms with Crippen LogP contribution in [0.5, 0.6) is 0 Å². The van der Waals surface area contributed by atoms with Crippen molar-refractivity contribution in [3.63, 3.8) is 0 Å². The largest absolute Gasteiger partial charge is 0.354 e. The van der Waals surface area contributed by atoms with Crippen molar-refractivity contribution in [2.75, 3.05) is 18.5 Å². The summed E-state index contributed by atoms with van der Waals surface area (Å²) in [4.78, 5) is 20.0. The first kappa shape index (κ1) is 10.2. The minimum Gasteiger partial charge on any atom is -0.354 e. The Labute approximate surface area is 85.1 Å². The van der Waals surface area contributed by atoms with Gasteiger partial charge in [-0.1, -0.05) is 22.9 Å². The molecular formula is C8H12BrN3O. The Morgan fingerprint density at radius 3 is 3.00 bits per heavy atom. The number of H-pyrrole nitrogens is 1. The Kier molecular flexibility index (Phi) is 3.48. The monoisotopic (exact) mass is 245 g/mol. The first-order valence-corrected chi connectivity index (χ1v) is 4.91. The lowest BCUT2D eigenvalue weighted by molar-refractivity contribution is 0.848. The first-order valence-electron chi connectivity index (χ1n) is 4.00. The summed E-state index contributed by atoms with van der Waals surface area (Å²) in [5.41, 5.74) is -0.154. The van der Waals surface area contributed by atoms with E-state index in [1.165, 1.54) is 6.20 Å². The second-order valence-electron chi connectivity index (χ2n) is 2.90. The number of halogens is 1. The number of alkyl halides is 1. The molecule has 0 aliphatic carbocycles. The lowest BCUT2D eigenvalue weighted by atomic mass is 10.4. The SMILES string of the molecule is CC(Br)CN(C)c1ncc[nH]c1=O. The van der Waals surface area contributed by atoms with Crippen molar-refractivity contribution < 1.29 is 0 Å². The Morgan fingerprint density at radius 2 is 2.46 bits per heavy atom. The number of rotatable bonds is 3. The van der Waals surface area contributed by atoms with Crippen LogP contribution < -0.4 is 10.5 Å². The summed E-state index contributed by atoms with van der Waals surface area (Å²) >= 11 is 3.42. The van der Waals surface area contributed by atoms with Gasteiger partial charge in [0, 0.05) is 30.8 Å². The molecule has 1 rings (SSSR count). The van der Waals surface area contributed by atoms with Crippen LogP contribution in [0.3, 0.4) is 0 Å². The summed E-state index contributed by atoms with van der Waals surface area (Å²) in [7, 11) is 1.84. The van der Waals surface area contributed by atoms with Gasteiger partial charge in [0.2, 0.25) is 0 Å².